The molecule has 2 atom stereocenters. The molecule has 0 saturated heterocycles. The molecule has 0 bridgehead atoms. The number of benzene rings is 2. The largest absolute Gasteiger partial charge is 0.466 e. The molecule has 35 heavy (non-hydrogen) atoms. The Morgan fingerprint density at radius 3 is 2.54 bits per heavy atom. The summed E-state index contributed by atoms with van der Waals surface area (Å²) in [5, 5.41) is 14.8. The highest BCUT2D eigenvalue weighted by Crippen LogP contribution is 2.32. The zero-order valence-corrected chi connectivity index (χ0v) is 22.2. The fourth-order valence-electron chi connectivity index (χ4n) is 5.04. The van der Waals surface area contributed by atoms with E-state index in [0.29, 0.717) is 36.9 Å². The number of rotatable bonds is 13. The van der Waals surface area contributed by atoms with Gasteiger partial charge in [0.05, 0.1) is 25.4 Å². The summed E-state index contributed by atoms with van der Waals surface area (Å²) in [5.41, 5.74) is 4.80. The molecule has 2 aromatic carbocycles. The van der Waals surface area contributed by atoms with Crippen LogP contribution < -0.4 is 5.32 Å². The van der Waals surface area contributed by atoms with E-state index in [9.17, 15) is 9.90 Å². The maximum Gasteiger partial charge on any atom is 0.306 e. The van der Waals surface area contributed by atoms with E-state index in [2.05, 4.69) is 43.4 Å². The molecule has 0 radical (unpaired) electrons. The molecule has 0 heterocycles. The molecular formula is C29H40ClNO4. The predicted octanol–water partition coefficient (Wildman–Crippen LogP) is 5.45. The van der Waals surface area contributed by atoms with E-state index in [1.807, 2.05) is 25.1 Å². The molecule has 0 spiro atoms. The van der Waals surface area contributed by atoms with Crippen LogP contribution >= 0.6 is 11.6 Å². The van der Waals surface area contributed by atoms with Crippen LogP contribution in [0.4, 0.5) is 0 Å². The lowest BCUT2D eigenvalue weighted by Crippen LogP contribution is -2.45. The molecule has 0 aliphatic heterocycles. The van der Waals surface area contributed by atoms with Crippen molar-refractivity contribution >= 4 is 17.6 Å². The maximum absolute atomic E-state index is 11.8. The normalized spacial score (nSPS) is 15.6. The number of hydrogen-bond donors (Lipinski definition) is 2. The van der Waals surface area contributed by atoms with E-state index in [-0.39, 0.29) is 24.2 Å². The Balaban J connectivity index is 1.45. The van der Waals surface area contributed by atoms with Crippen LogP contribution in [0.25, 0.3) is 0 Å². The van der Waals surface area contributed by atoms with E-state index in [0.717, 1.165) is 30.4 Å². The van der Waals surface area contributed by atoms with Gasteiger partial charge in [0.2, 0.25) is 0 Å². The van der Waals surface area contributed by atoms with Gasteiger partial charge in [0.15, 0.2) is 0 Å². The molecule has 0 aromatic heterocycles. The number of halogens is 1. The smallest absolute Gasteiger partial charge is 0.306 e. The number of aliphatic hydroxyl groups excluding tert-OH is 1. The standard InChI is InChI=1S/C29H40ClNO4/c1-5-34-28(33)13-10-24-16-25(30)11-12-27(24)20(2)35-19-26(32)18-31-29(3,4)17-21-14-22-8-6-7-9-23(22)15-21/h6-9,11-12,16,20-21,26,31-32H,5,10,13-15,17-19H2,1-4H3/t20-,26-/m1/s1. The van der Waals surface area contributed by atoms with Crippen molar-refractivity contribution in [2.45, 2.75) is 77.5 Å². The molecule has 5 nitrogen and oxygen atoms in total. The topological polar surface area (TPSA) is 67.8 Å². The number of esters is 1. The number of fused-ring (bicyclic) bond motifs is 1. The summed E-state index contributed by atoms with van der Waals surface area (Å²) in [4.78, 5) is 11.8. The molecule has 2 aromatic rings. The highest BCUT2D eigenvalue weighted by molar-refractivity contribution is 6.30. The minimum atomic E-state index is -0.618. The van der Waals surface area contributed by atoms with Gasteiger partial charge in [0, 0.05) is 23.5 Å². The van der Waals surface area contributed by atoms with Crippen molar-refractivity contribution in [1.29, 1.82) is 0 Å². The highest BCUT2D eigenvalue weighted by Gasteiger charge is 2.28. The third-order valence-corrected chi connectivity index (χ3v) is 6.97. The van der Waals surface area contributed by atoms with Crippen molar-refractivity contribution in [1.82, 2.24) is 5.32 Å². The number of ether oxygens (including phenoxy) is 2. The number of hydrogen-bond acceptors (Lipinski definition) is 5. The summed E-state index contributed by atoms with van der Waals surface area (Å²) >= 11 is 6.19. The third-order valence-electron chi connectivity index (χ3n) is 6.74. The molecule has 192 valence electrons. The third kappa shape index (κ3) is 8.60. The first-order valence-corrected chi connectivity index (χ1v) is 13.1. The number of nitrogens with one attached hydrogen (secondary N) is 1. The van der Waals surface area contributed by atoms with Crippen molar-refractivity contribution < 1.29 is 19.4 Å². The molecular weight excluding hydrogens is 462 g/mol. The summed E-state index contributed by atoms with van der Waals surface area (Å²) in [7, 11) is 0. The molecule has 6 heteroatoms. The zero-order valence-electron chi connectivity index (χ0n) is 21.5. The Morgan fingerprint density at radius 2 is 1.89 bits per heavy atom. The molecule has 0 fully saturated rings. The molecule has 0 saturated carbocycles. The Bertz CT molecular complexity index is 952. The van der Waals surface area contributed by atoms with Crippen molar-refractivity contribution in [2.24, 2.45) is 5.92 Å². The first-order valence-electron chi connectivity index (χ1n) is 12.7. The Kier molecular flexibility index (Phi) is 10.2. The van der Waals surface area contributed by atoms with Gasteiger partial charge < -0.3 is 19.9 Å². The van der Waals surface area contributed by atoms with Crippen molar-refractivity contribution in [3.63, 3.8) is 0 Å². The monoisotopic (exact) mass is 501 g/mol. The molecule has 3 rings (SSSR count). The molecule has 0 unspecified atom stereocenters. The predicted molar refractivity (Wildman–Crippen MR) is 141 cm³/mol. The van der Waals surface area contributed by atoms with Gasteiger partial charge in [-0.25, -0.2) is 0 Å². The second-order valence-corrected chi connectivity index (χ2v) is 10.7. The van der Waals surface area contributed by atoms with E-state index in [1.54, 1.807) is 6.92 Å². The van der Waals surface area contributed by atoms with Crippen molar-refractivity contribution in [2.75, 3.05) is 19.8 Å². The minimum absolute atomic E-state index is 0.0737. The first-order chi connectivity index (χ1) is 16.7. The number of carbonyl (C=O) groups is 1. The van der Waals surface area contributed by atoms with Gasteiger partial charge in [0.25, 0.3) is 0 Å². The van der Waals surface area contributed by atoms with Gasteiger partial charge in [-0.05, 0) is 93.7 Å². The van der Waals surface area contributed by atoms with Gasteiger partial charge in [0.1, 0.15) is 0 Å². The number of β-amino-alcohol motifs (C(OH)–C–C–N with tert-alkyl or cyclic N) is 1. The summed E-state index contributed by atoms with van der Waals surface area (Å²) in [6, 6.07) is 14.3. The fourth-order valence-corrected chi connectivity index (χ4v) is 5.24. The number of aliphatic hydroxyl groups is 1. The second kappa shape index (κ2) is 12.9. The van der Waals surface area contributed by atoms with Gasteiger partial charge in [-0.1, -0.05) is 41.9 Å². The van der Waals surface area contributed by atoms with Crippen LogP contribution in [0.5, 0.6) is 0 Å². The average molecular weight is 502 g/mol. The quantitative estimate of drug-likeness (QED) is 0.357. The Hall–Kier alpha value is -1.92. The number of carbonyl (C=O) groups excluding carboxylic acids is 1. The van der Waals surface area contributed by atoms with E-state index in [1.165, 1.54) is 11.1 Å². The van der Waals surface area contributed by atoms with Crippen LogP contribution in [0.3, 0.4) is 0 Å². The molecule has 2 N–H and O–H groups in total. The number of aryl methyl sites for hydroxylation is 1. The van der Waals surface area contributed by atoms with Gasteiger partial charge >= 0.3 is 5.97 Å². The van der Waals surface area contributed by atoms with Crippen molar-refractivity contribution in [3.05, 3.63) is 69.7 Å². The molecule has 1 aliphatic carbocycles. The van der Waals surface area contributed by atoms with E-state index in [4.69, 9.17) is 21.1 Å². The highest BCUT2D eigenvalue weighted by atomic mass is 35.5. The minimum Gasteiger partial charge on any atom is -0.466 e. The van der Waals surface area contributed by atoms with Gasteiger partial charge in [-0.3, -0.25) is 4.79 Å². The molecule has 0 amide bonds. The van der Waals surface area contributed by atoms with Crippen molar-refractivity contribution in [3.8, 4) is 0 Å². The van der Waals surface area contributed by atoms with E-state index < -0.39 is 6.10 Å². The second-order valence-electron chi connectivity index (χ2n) is 10.3. The molecule has 1 aliphatic rings. The van der Waals surface area contributed by atoms with Crippen LogP contribution in [0, 0.1) is 5.92 Å². The van der Waals surface area contributed by atoms with Crippen LogP contribution in [-0.2, 0) is 33.5 Å². The van der Waals surface area contributed by atoms with Gasteiger partial charge in [-0.15, -0.1) is 0 Å². The van der Waals surface area contributed by atoms with Crippen LogP contribution in [0.1, 0.15) is 68.9 Å². The van der Waals surface area contributed by atoms with Crippen LogP contribution in [-0.4, -0.2) is 42.5 Å². The lowest BCUT2D eigenvalue weighted by atomic mass is 9.88. The Labute approximate surface area is 215 Å². The van der Waals surface area contributed by atoms with Gasteiger partial charge in [-0.2, -0.15) is 0 Å². The lowest BCUT2D eigenvalue weighted by Gasteiger charge is -2.31. The van der Waals surface area contributed by atoms with Crippen LogP contribution in [0.2, 0.25) is 5.02 Å². The van der Waals surface area contributed by atoms with Crippen LogP contribution in [0.15, 0.2) is 42.5 Å². The summed E-state index contributed by atoms with van der Waals surface area (Å²) in [6.45, 7) is 9.23. The summed E-state index contributed by atoms with van der Waals surface area (Å²) in [6.07, 6.45) is 3.29. The first kappa shape index (κ1) is 27.7. The maximum atomic E-state index is 11.8. The SMILES string of the molecule is CCOC(=O)CCc1cc(Cl)ccc1[C@@H](C)OC[C@H](O)CNC(C)(C)CC1Cc2ccccc2C1. The Morgan fingerprint density at radius 1 is 1.20 bits per heavy atom. The zero-order chi connectivity index (χ0) is 25.4. The van der Waals surface area contributed by atoms with E-state index >= 15 is 0 Å². The summed E-state index contributed by atoms with van der Waals surface area (Å²) < 4.78 is 11.1. The summed E-state index contributed by atoms with van der Waals surface area (Å²) in [5.74, 6) is 0.402. The fraction of sp³-hybridized carbons (Fsp3) is 0.552. The lowest BCUT2D eigenvalue weighted by molar-refractivity contribution is -0.143. The average Bonchev–Trinajstić information content (AvgIpc) is 3.21.